The van der Waals surface area contributed by atoms with Gasteiger partial charge < -0.3 is 0 Å². The van der Waals surface area contributed by atoms with E-state index in [1.54, 1.807) is 0 Å². The van der Waals surface area contributed by atoms with Gasteiger partial charge in [0.25, 0.3) is 0 Å². The highest BCUT2D eigenvalue weighted by Gasteiger charge is 1.87. The third-order valence-electron chi connectivity index (χ3n) is 2.24. The first kappa shape index (κ1) is 13.5. The fourth-order valence-electron chi connectivity index (χ4n) is 1.36. The Labute approximate surface area is 90.1 Å². The maximum absolute atomic E-state index is 3.84. The lowest BCUT2D eigenvalue weighted by Gasteiger charge is -1.97. The monoisotopic (exact) mass is 193 g/mol. The molecule has 0 N–H and O–H groups in total. The Morgan fingerprint density at radius 3 is 2.21 bits per heavy atom. The quantitative estimate of drug-likeness (QED) is 0.354. The van der Waals surface area contributed by atoms with Gasteiger partial charge in [0.2, 0.25) is 0 Å². The first-order valence-electron chi connectivity index (χ1n) is 6.02. The lowest BCUT2D eigenvalue weighted by atomic mass is 10.1. The van der Waals surface area contributed by atoms with Crippen molar-refractivity contribution in [3.8, 4) is 0 Å². The van der Waals surface area contributed by atoms with Crippen molar-refractivity contribution in [3.05, 3.63) is 31.2 Å². The van der Waals surface area contributed by atoms with Gasteiger partial charge in [-0.05, 0) is 19.3 Å². The van der Waals surface area contributed by atoms with Crippen LogP contribution in [0, 0.1) is 6.92 Å². The molecule has 81 valence electrons. The van der Waals surface area contributed by atoms with Gasteiger partial charge >= 0.3 is 0 Å². The van der Waals surface area contributed by atoms with Crippen LogP contribution in [-0.4, -0.2) is 0 Å². The Hall–Kier alpha value is -0.520. The van der Waals surface area contributed by atoms with E-state index >= 15 is 0 Å². The molecule has 1 radical (unpaired) electrons. The highest BCUT2D eigenvalue weighted by molar-refractivity contribution is 5.01. The molecule has 0 rings (SSSR count). The van der Waals surface area contributed by atoms with E-state index in [2.05, 4.69) is 38.2 Å². The van der Waals surface area contributed by atoms with Crippen LogP contribution in [0.1, 0.15) is 58.3 Å². The molecule has 0 aromatic carbocycles. The SMILES string of the molecule is [CH2]CCCCCCC/C=C\C=C\CC. The summed E-state index contributed by atoms with van der Waals surface area (Å²) >= 11 is 0. The summed E-state index contributed by atoms with van der Waals surface area (Å²) < 4.78 is 0. The molecule has 0 saturated heterocycles. The zero-order valence-corrected chi connectivity index (χ0v) is 9.67. The zero-order chi connectivity index (χ0) is 10.5. The van der Waals surface area contributed by atoms with Crippen LogP contribution < -0.4 is 0 Å². The minimum absolute atomic E-state index is 1.10. The summed E-state index contributed by atoms with van der Waals surface area (Å²) in [5.41, 5.74) is 0. The van der Waals surface area contributed by atoms with Crippen molar-refractivity contribution in [3.63, 3.8) is 0 Å². The first-order chi connectivity index (χ1) is 6.91. The predicted molar refractivity (Wildman–Crippen MR) is 66.2 cm³/mol. The summed E-state index contributed by atoms with van der Waals surface area (Å²) in [5.74, 6) is 0. The third-order valence-corrected chi connectivity index (χ3v) is 2.24. The number of hydrogen-bond donors (Lipinski definition) is 0. The van der Waals surface area contributed by atoms with E-state index in [0.29, 0.717) is 0 Å². The predicted octanol–water partition coefficient (Wildman–Crippen LogP) is 5.07. The van der Waals surface area contributed by atoms with Gasteiger partial charge in [0.1, 0.15) is 0 Å². The third kappa shape index (κ3) is 11.5. The lowest BCUT2D eigenvalue weighted by molar-refractivity contribution is 0.621. The van der Waals surface area contributed by atoms with Crippen LogP contribution in [-0.2, 0) is 0 Å². The smallest absolute Gasteiger partial charge is 0.0348 e. The molecular weight excluding hydrogens is 168 g/mol. The van der Waals surface area contributed by atoms with Crippen molar-refractivity contribution in [2.75, 3.05) is 0 Å². The molecule has 0 amide bonds. The van der Waals surface area contributed by atoms with Gasteiger partial charge in [-0.1, -0.05) is 70.3 Å². The molecule has 14 heavy (non-hydrogen) atoms. The molecule has 0 aromatic heterocycles. The normalized spacial score (nSPS) is 11.9. The highest BCUT2D eigenvalue weighted by Crippen LogP contribution is 2.06. The molecule has 0 aromatic rings. The summed E-state index contributed by atoms with van der Waals surface area (Å²) in [5, 5.41) is 0. The zero-order valence-electron chi connectivity index (χ0n) is 9.67. The summed E-state index contributed by atoms with van der Waals surface area (Å²) in [4.78, 5) is 0. The van der Waals surface area contributed by atoms with E-state index in [1.165, 1.54) is 38.5 Å². The van der Waals surface area contributed by atoms with Gasteiger partial charge in [0.05, 0.1) is 0 Å². The van der Waals surface area contributed by atoms with E-state index in [4.69, 9.17) is 0 Å². The molecule has 0 spiro atoms. The van der Waals surface area contributed by atoms with Crippen LogP contribution in [0.4, 0.5) is 0 Å². The molecule has 0 aliphatic heterocycles. The second-order valence-electron chi connectivity index (χ2n) is 3.67. The van der Waals surface area contributed by atoms with Crippen molar-refractivity contribution in [1.29, 1.82) is 0 Å². The van der Waals surface area contributed by atoms with Gasteiger partial charge in [0, 0.05) is 0 Å². The van der Waals surface area contributed by atoms with Gasteiger partial charge in [-0.15, -0.1) is 0 Å². The number of allylic oxidation sites excluding steroid dienone is 4. The molecule has 0 aliphatic carbocycles. The maximum atomic E-state index is 3.84. The fraction of sp³-hybridized carbons (Fsp3) is 0.643. The van der Waals surface area contributed by atoms with E-state index in [1.807, 2.05) is 0 Å². The fourth-order valence-corrected chi connectivity index (χ4v) is 1.36. The van der Waals surface area contributed by atoms with Gasteiger partial charge in [-0.3, -0.25) is 0 Å². The van der Waals surface area contributed by atoms with Crippen molar-refractivity contribution in [2.45, 2.75) is 58.3 Å². The Morgan fingerprint density at radius 1 is 0.857 bits per heavy atom. The van der Waals surface area contributed by atoms with Crippen molar-refractivity contribution in [2.24, 2.45) is 0 Å². The second kappa shape index (κ2) is 12.5. The molecule has 0 bridgehead atoms. The molecule has 0 heterocycles. The van der Waals surface area contributed by atoms with E-state index < -0.39 is 0 Å². The average molecular weight is 193 g/mol. The van der Waals surface area contributed by atoms with Crippen LogP contribution in [0.3, 0.4) is 0 Å². The number of hydrogen-bond acceptors (Lipinski definition) is 0. The van der Waals surface area contributed by atoms with Crippen molar-refractivity contribution < 1.29 is 0 Å². The second-order valence-corrected chi connectivity index (χ2v) is 3.67. The van der Waals surface area contributed by atoms with Crippen LogP contribution in [0.15, 0.2) is 24.3 Å². The molecular formula is C14H25. The van der Waals surface area contributed by atoms with Crippen LogP contribution >= 0.6 is 0 Å². The van der Waals surface area contributed by atoms with Crippen molar-refractivity contribution in [1.82, 2.24) is 0 Å². The Bertz CT molecular complexity index is 142. The molecule has 0 unspecified atom stereocenters. The number of rotatable bonds is 9. The maximum Gasteiger partial charge on any atom is -0.0348 e. The van der Waals surface area contributed by atoms with Crippen LogP contribution in [0.25, 0.3) is 0 Å². The number of unbranched alkanes of at least 4 members (excludes halogenated alkanes) is 6. The minimum Gasteiger partial charge on any atom is -0.0848 e. The van der Waals surface area contributed by atoms with Crippen molar-refractivity contribution >= 4 is 0 Å². The Kier molecular flexibility index (Phi) is 12.0. The average Bonchev–Trinajstić information content (AvgIpc) is 2.21. The standard InChI is InChI=1S/C14H25/c1-3-5-7-9-11-13-14-12-10-8-6-4-2/h6,8,10,12H,1,3-5,7,9,11,13-14H2,2H3/b8-6+,12-10-. The van der Waals surface area contributed by atoms with E-state index in [9.17, 15) is 0 Å². The summed E-state index contributed by atoms with van der Waals surface area (Å²) in [6.07, 6.45) is 19.0. The summed E-state index contributed by atoms with van der Waals surface area (Å²) in [7, 11) is 0. The van der Waals surface area contributed by atoms with E-state index in [-0.39, 0.29) is 0 Å². The van der Waals surface area contributed by atoms with E-state index in [0.717, 1.165) is 12.8 Å². The van der Waals surface area contributed by atoms with Gasteiger partial charge in [-0.25, -0.2) is 0 Å². The van der Waals surface area contributed by atoms with Crippen LogP contribution in [0.2, 0.25) is 0 Å². The molecule has 0 nitrogen and oxygen atoms in total. The Balaban J connectivity index is 3.05. The highest BCUT2D eigenvalue weighted by atomic mass is 13.9. The summed E-state index contributed by atoms with van der Waals surface area (Å²) in [6, 6.07) is 0. The van der Waals surface area contributed by atoms with Crippen LogP contribution in [0.5, 0.6) is 0 Å². The Morgan fingerprint density at radius 2 is 1.50 bits per heavy atom. The van der Waals surface area contributed by atoms with Gasteiger partial charge in [-0.2, -0.15) is 0 Å². The van der Waals surface area contributed by atoms with Gasteiger partial charge in [0.15, 0.2) is 0 Å². The molecule has 0 fully saturated rings. The minimum atomic E-state index is 1.10. The summed E-state index contributed by atoms with van der Waals surface area (Å²) in [6.45, 7) is 6.00. The first-order valence-corrected chi connectivity index (χ1v) is 6.02. The topological polar surface area (TPSA) is 0 Å². The molecule has 0 atom stereocenters. The molecule has 0 saturated carbocycles. The molecule has 0 heteroatoms. The molecule has 0 aliphatic rings. The largest absolute Gasteiger partial charge is 0.0848 e. The lowest BCUT2D eigenvalue weighted by Crippen LogP contribution is -1.77.